The molecular formula is C11H10ClNOS. The van der Waals surface area contributed by atoms with Gasteiger partial charge in [0.1, 0.15) is 0 Å². The molecule has 78 valence electrons. The normalized spacial score (nSPS) is 28.9. The molecule has 1 aromatic carbocycles. The lowest BCUT2D eigenvalue weighted by molar-refractivity contribution is -0.119. The van der Waals surface area contributed by atoms with E-state index in [0.717, 1.165) is 18.7 Å². The number of benzene rings is 1. The predicted molar refractivity (Wildman–Crippen MR) is 63.6 cm³/mol. The summed E-state index contributed by atoms with van der Waals surface area (Å²) in [7, 11) is 0. The average Bonchev–Trinajstić information content (AvgIpc) is 2.17. The third-order valence-electron chi connectivity index (χ3n) is 2.90. The molecule has 0 N–H and O–H groups in total. The predicted octanol–water partition coefficient (Wildman–Crippen LogP) is 2.56. The first-order valence-corrected chi connectivity index (χ1v) is 6.29. The molecule has 0 saturated carbocycles. The quantitative estimate of drug-likeness (QED) is 0.751. The Kier molecular flexibility index (Phi) is 2.18. The van der Waals surface area contributed by atoms with Gasteiger partial charge in [-0.05, 0) is 18.6 Å². The molecule has 0 radical (unpaired) electrons. The highest BCUT2D eigenvalue weighted by atomic mass is 35.5. The molecule has 2 nitrogen and oxygen atoms in total. The van der Waals surface area contributed by atoms with Crippen molar-refractivity contribution in [2.75, 3.05) is 11.4 Å². The second kappa shape index (κ2) is 3.42. The van der Waals surface area contributed by atoms with Crippen LogP contribution in [0.2, 0.25) is 5.02 Å². The summed E-state index contributed by atoms with van der Waals surface area (Å²) in [6.07, 6.45) is 1.05. The highest BCUT2D eigenvalue weighted by Crippen LogP contribution is 2.44. The smallest absolute Gasteiger partial charge is 0.240 e. The number of para-hydroxylation sites is 1. The molecule has 3 saturated heterocycles. The minimum Gasteiger partial charge on any atom is -0.309 e. The maximum absolute atomic E-state index is 12.0. The van der Waals surface area contributed by atoms with Crippen LogP contribution < -0.4 is 4.90 Å². The van der Waals surface area contributed by atoms with Gasteiger partial charge in [-0.15, -0.1) is 11.8 Å². The lowest BCUT2D eigenvalue weighted by Gasteiger charge is -2.45. The van der Waals surface area contributed by atoms with Crippen LogP contribution in [0.15, 0.2) is 24.3 Å². The van der Waals surface area contributed by atoms with Crippen molar-refractivity contribution in [2.45, 2.75) is 16.9 Å². The van der Waals surface area contributed by atoms with Gasteiger partial charge in [-0.3, -0.25) is 4.79 Å². The number of fused-ring (bicyclic) bond motifs is 2. The number of thioether (sulfide) groups is 1. The topological polar surface area (TPSA) is 20.3 Å². The Balaban J connectivity index is 1.94. The summed E-state index contributed by atoms with van der Waals surface area (Å²) in [6.45, 7) is 0.809. The van der Waals surface area contributed by atoms with E-state index in [1.165, 1.54) is 0 Å². The van der Waals surface area contributed by atoms with Crippen LogP contribution in [0.4, 0.5) is 5.69 Å². The fourth-order valence-corrected chi connectivity index (χ4v) is 3.56. The van der Waals surface area contributed by atoms with Crippen molar-refractivity contribution in [1.29, 1.82) is 0 Å². The van der Waals surface area contributed by atoms with E-state index in [0.29, 0.717) is 10.3 Å². The Morgan fingerprint density at radius 2 is 2.13 bits per heavy atom. The summed E-state index contributed by atoms with van der Waals surface area (Å²) in [5.41, 5.74) is 0.860. The Labute approximate surface area is 97.6 Å². The molecule has 4 heteroatoms. The minimum atomic E-state index is 0.181. The Morgan fingerprint density at radius 1 is 1.40 bits per heavy atom. The molecule has 4 rings (SSSR count). The van der Waals surface area contributed by atoms with Crippen molar-refractivity contribution >= 4 is 35.0 Å². The van der Waals surface area contributed by atoms with E-state index in [4.69, 9.17) is 11.6 Å². The second-order valence-corrected chi connectivity index (χ2v) is 5.80. The van der Waals surface area contributed by atoms with E-state index in [1.54, 1.807) is 11.8 Å². The average molecular weight is 240 g/mol. The molecule has 2 unspecified atom stereocenters. The van der Waals surface area contributed by atoms with Gasteiger partial charge in [0.05, 0.1) is 16.0 Å². The van der Waals surface area contributed by atoms with Gasteiger partial charge in [0, 0.05) is 11.8 Å². The molecular weight excluding hydrogens is 230 g/mol. The van der Waals surface area contributed by atoms with Crippen LogP contribution in [-0.4, -0.2) is 23.0 Å². The van der Waals surface area contributed by atoms with Gasteiger partial charge in [0.15, 0.2) is 0 Å². The second-order valence-electron chi connectivity index (χ2n) is 3.88. The van der Waals surface area contributed by atoms with E-state index in [2.05, 4.69) is 0 Å². The monoisotopic (exact) mass is 239 g/mol. The number of carbonyl (C=O) groups excluding carboxylic acids is 1. The molecule has 3 aliphatic rings. The highest BCUT2D eigenvalue weighted by molar-refractivity contribution is 8.02. The van der Waals surface area contributed by atoms with Crippen molar-refractivity contribution in [1.82, 2.24) is 0 Å². The van der Waals surface area contributed by atoms with Gasteiger partial charge >= 0.3 is 0 Å². The molecule has 1 amide bonds. The molecule has 0 spiro atoms. The summed E-state index contributed by atoms with van der Waals surface area (Å²) in [5, 5.41) is 1.46. The zero-order valence-corrected chi connectivity index (χ0v) is 9.59. The Bertz CT molecular complexity index is 417. The summed E-state index contributed by atoms with van der Waals surface area (Å²) >= 11 is 7.88. The number of hydrogen-bond donors (Lipinski definition) is 0. The molecule has 2 bridgehead atoms. The number of anilines is 1. The lowest BCUT2D eigenvalue weighted by atomic mass is 10.1. The maximum Gasteiger partial charge on any atom is 0.240 e. The van der Waals surface area contributed by atoms with Crippen LogP contribution in [0.5, 0.6) is 0 Å². The third-order valence-corrected chi connectivity index (χ3v) is 4.67. The minimum absolute atomic E-state index is 0.181. The van der Waals surface area contributed by atoms with Crippen molar-refractivity contribution in [2.24, 2.45) is 0 Å². The van der Waals surface area contributed by atoms with Gasteiger partial charge in [0.2, 0.25) is 5.91 Å². The van der Waals surface area contributed by atoms with E-state index in [-0.39, 0.29) is 11.2 Å². The lowest BCUT2D eigenvalue weighted by Crippen LogP contribution is -2.55. The van der Waals surface area contributed by atoms with Gasteiger partial charge in [-0.2, -0.15) is 0 Å². The number of halogens is 1. The fourth-order valence-electron chi connectivity index (χ4n) is 2.09. The molecule has 3 heterocycles. The first kappa shape index (κ1) is 9.55. The SMILES string of the molecule is O=C1C2CC(CN1c1ccccc1Cl)S2. The molecule has 15 heavy (non-hydrogen) atoms. The Morgan fingerprint density at radius 3 is 2.80 bits per heavy atom. The number of hydrogen-bond acceptors (Lipinski definition) is 2. The summed E-state index contributed by atoms with van der Waals surface area (Å²) in [4.78, 5) is 13.8. The number of piperidine rings is 1. The molecule has 3 aliphatic heterocycles. The zero-order valence-electron chi connectivity index (χ0n) is 8.02. The molecule has 1 aromatic rings. The highest BCUT2D eigenvalue weighted by Gasteiger charge is 2.45. The molecule has 0 aliphatic carbocycles. The fraction of sp³-hybridized carbons (Fsp3) is 0.364. The number of carbonyl (C=O) groups is 1. The first-order valence-electron chi connectivity index (χ1n) is 4.97. The van der Waals surface area contributed by atoms with Crippen molar-refractivity contribution in [3.63, 3.8) is 0 Å². The summed E-state index contributed by atoms with van der Waals surface area (Å²) in [6, 6.07) is 7.55. The van der Waals surface area contributed by atoms with Gasteiger partial charge < -0.3 is 4.90 Å². The van der Waals surface area contributed by atoms with Crippen LogP contribution in [0.25, 0.3) is 0 Å². The number of amides is 1. The van der Waals surface area contributed by atoms with E-state index < -0.39 is 0 Å². The van der Waals surface area contributed by atoms with Gasteiger partial charge in [-0.1, -0.05) is 23.7 Å². The summed E-state index contributed by atoms with van der Waals surface area (Å²) in [5.74, 6) is 0.218. The number of rotatable bonds is 1. The third kappa shape index (κ3) is 1.45. The van der Waals surface area contributed by atoms with Crippen LogP contribution in [0, 0.1) is 0 Å². The van der Waals surface area contributed by atoms with Gasteiger partial charge in [-0.25, -0.2) is 0 Å². The van der Waals surface area contributed by atoms with E-state index in [9.17, 15) is 4.79 Å². The largest absolute Gasteiger partial charge is 0.309 e. The Hall–Kier alpha value is -0.670. The molecule has 2 atom stereocenters. The van der Waals surface area contributed by atoms with Crippen LogP contribution in [0.3, 0.4) is 0 Å². The molecule has 3 fully saturated rings. The van der Waals surface area contributed by atoms with Gasteiger partial charge in [0.25, 0.3) is 0 Å². The first-order chi connectivity index (χ1) is 7.25. The van der Waals surface area contributed by atoms with Crippen LogP contribution in [0.1, 0.15) is 6.42 Å². The van der Waals surface area contributed by atoms with Crippen molar-refractivity contribution < 1.29 is 4.79 Å². The van der Waals surface area contributed by atoms with Crippen LogP contribution in [-0.2, 0) is 4.79 Å². The van der Waals surface area contributed by atoms with Crippen molar-refractivity contribution in [3.8, 4) is 0 Å². The zero-order chi connectivity index (χ0) is 10.4. The summed E-state index contributed by atoms with van der Waals surface area (Å²) < 4.78 is 0. The maximum atomic E-state index is 12.0. The van der Waals surface area contributed by atoms with Crippen LogP contribution >= 0.6 is 23.4 Å². The molecule has 0 aromatic heterocycles. The van der Waals surface area contributed by atoms with E-state index in [1.807, 2.05) is 29.2 Å². The standard InChI is InChI=1S/C11H10ClNOS/c12-8-3-1-2-4-9(8)13-6-7-5-10(15-7)11(13)14/h1-4,7,10H,5-6H2. The number of nitrogens with zero attached hydrogens (tertiary/aromatic N) is 1. The van der Waals surface area contributed by atoms with E-state index >= 15 is 0 Å². The van der Waals surface area contributed by atoms with Crippen molar-refractivity contribution in [3.05, 3.63) is 29.3 Å².